The van der Waals surface area contributed by atoms with Crippen LogP contribution < -0.4 is 20.9 Å². The summed E-state index contributed by atoms with van der Waals surface area (Å²) >= 11 is 0. The largest absolute Gasteiger partial charge is 0.371 e. The van der Waals surface area contributed by atoms with E-state index in [2.05, 4.69) is 20.9 Å². The van der Waals surface area contributed by atoms with Crippen LogP contribution in [-0.2, 0) is 0 Å². The monoisotopic (exact) mass is 470 g/mol. The van der Waals surface area contributed by atoms with Gasteiger partial charge in [-0.05, 0) is 81.0 Å². The number of urea groups is 1. The fourth-order valence-corrected chi connectivity index (χ4v) is 4.48. The van der Waals surface area contributed by atoms with Gasteiger partial charge >= 0.3 is 6.03 Å². The molecule has 3 N–H and O–H groups in total. The number of benzene rings is 3. The molecule has 0 saturated carbocycles. The minimum atomic E-state index is -0.339. The summed E-state index contributed by atoms with van der Waals surface area (Å²) in [6.07, 6.45) is 3.43. The summed E-state index contributed by atoms with van der Waals surface area (Å²) in [4.78, 5) is 28.4. The van der Waals surface area contributed by atoms with Crippen LogP contribution in [0.25, 0.3) is 0 Å². The Hall–Kier alpha value is -3.80. The van der Waals surface area contributed by atoms with Crippen molar-refractivity contribution >= 4 is 29.0 Å². The molecule has 0 radical (unpaired) electrons. The SMILES string of the molecule is Cc1cccc(NC(=O)Nc2ccc(N3CCCCC3)c(C(=O)NC(C)c3ccccc3)c2)c1C. The minimum Gasteiger partial charge on any atom is -0.371 e. The van der Waals surface area contributed by atoms with E-state index < -0.39 is 0 Å². The van der Waals surface area contributed by atoms with E-state index in [9.17, 15) is 9.59 Å². The molecule has 3 amide bonds. The van der Waals surface area contributed by atoms with Crippen molar-refractivity contribution in [3.05, 3.63) is 89.0 Å². The number of amides is 3. The van der Waals surface area contributed by atoms with Crippen LogP contribution in [0.5, 0.6) is 0 Å². The number of nitrogens with one attached hydrogen (secondary N) is 3. The lowest BCUT2D eigenvalue weighted by atomic mass is 10.0. The van der Waals surface area contributed by atoms with Crippen LogP contribution in [-0.4, -0.2) is 25.0 Å². The zero-order valence-corrected chi connectivity index (χ0v) is 20.7. The number of hydrogen-bond acceptors (Lipinski definition) is 3. The van der Waals surface area contributed by atoms with Crippen LogP contribution in [0.1, 0.15) is 59.3 Å². The third kappa shape index (κ3) is 6.01. The van der Waals surface area contributed by atoms with Gasteiger partial charge in [-0.15, -0.1) is 0 Å². The molecule has 0 spiro atoms. The van der Waals surface area contributed by atoms with Gasteiger partial charge in [-0.2, -0.15) is 0 Å². The van der Waals surface area contributed by atoms with Crippen molar-refractivity contribution in [2.24, 2.45) is 0 Å². The lowest BCUT2D eigenvalue weighted by Crippen LogP contribution is -2.33. The van der Waals surface area contributed by atoms with Gasteiger partial charge in [0.1, 0.15) is 0 Å². The fourth-order valence-electron chi connectivity index (χ4n) is 4.48. The Labute approximate surface area is 207 Å². The Morgan fingerprint density at radius 3 is 2.34 bits per heavy atom. The first-order chi connectivity index (χ1) is 16.9. The van der Waals surface area contributed by atoms with Gasteiger partial charge in [-0.3, -0.25) is 4.79 Å². The van der Waals surface area contributed by atoms with Crippen molar-refractivity contribution in [1.29, 1.82) is 0 Å². The molecular weight excluding hydrogens is 436 g/mol. The molecule has 3 aromatic carbocycles. The molecule has 4 rings (SSSR count). The van der Waals surface area contributed by atoms with Crippen LogP contribution in [0, 0.1) is 13.8 Å². The number of rotatable bonds is 6. The Morgan fingerprint density at radius 1 is 0.857 bits per heavy atom. The number of aryl methyl sites for hydroxylation is 1. The molecule has 1 aliphatic rings. The predicted molar refractivity (Wildman–Crippen MR) is 143 cm³/mol. The third-order valence-corrected chi connectivity index (χ3v) is 6.70. The molecule has 0 aliphatic carbocycles. The summed E-state index contributed by atoms with van der Waals surface area (Å²) in [5, 5.41) is 8.95. The number of nitrogens with zero attached hydrogens (tertiary/aromatic N) is 1. The summed E-state index contributed by atoms with van der Waals surface area (Å²) in [7, 11) is 0. The van der Waals surface area contributed by atoms with Crippen LogP contribution >= 0.6 is 0 Å². The molecular formula is C29H34N4O2. The van der Waals surface area contributed by atoms with E-state index in [1.54, 1.807) is 6.07 Å². The summed E-state index contributed by atoms with van der Waals surface area (Å²) in [5.41, 5.74) is 6.00. The molecule has 0 bridgehead atoms. The standard InChI is InChI=1S/C29H34N4O2/c1-20-11-10-14-26(21(20)2)32-29(35)31-24-15-16-27(33-17-8-5-9-18-33)25(19-24)28(34)30-22(3)23-12-6-4-7-13-23/h4,6-7,10-16,19,22H,5,8-9,17-18H2,1-3H3,(H,30,34)(H2,31,32,35). The van der Waals surface area contributed by atoms with E-state index >= 15 is 0 Å². The van der Waals surface area contributed by atoms with Gasteiger partial charge in [0, 0.05) is 30.2 Å². The first kappa shape index (κ1) is 24.3. The van der Waals surface area contributed by atoms with E-state index in [0.717, 1.165) is 54.0 Å². The Kier molecular flexibility index (Phi) is 7.70. The number of hydrogen-bond donors (Lipinski definition) is 3. The first-order valence-electron chi connectivity index (χ1n) is 12.3. The van der Waals surface area contributed by atoms with Gasteiger partial charge in [0.05, 0.1) is 11.6 Å². The van der Waals surface area contributed by atoms with E-state index in [4.69, 9.17) is 0 Å². The molecule has 1 aliphatic heterocycles. The smallest absolute Gasteiger partial charge is 0.323 e. The summed E-state index contributed by atoms with van der Waals surface area (Å²) in [6, 6.07) is 20.8. The number of carbonyl (C=O) groups is 2. The van der Waals surface area contributed by atoms with Crippen molar-refractivity contribution in [3.8, 4) is 0 Å². The second kappa shape index (κ2) is 11.1. The zero-order chi connectivity index (χ0) is 24.8. The lowest BCUT2D eigenvalue weighted by Gasteiger charge is -2.31. The van der Waals surface area contributed by atoms with Crippen molar-refractivity contribution in [3.63, 3.8) is 0 Å². The highest BCUT2D eigenvalue weighted by atomic mass is 16.2. The fraction of sp³-hybridized carbons (Fsp3) is 0.310. The van der Waals surface area contributed by atoms with Crippen LogP contribution in [0.15, 0.2) is 66.7 Å². The maximum Gasteiger partial charge on any atom is 0.323 e. The van der Waals surface area contributed by atoms with Gasteiger partial charge in [0.25, 0.3) is 5.91 Å². The van der Waals surface area contributed by atoms with E-state index in [1.165, 1.54) is 6.42 Å². The highest BCUT2D eigenvalue weighted by Crippen LogP contribution is 2.28. The van der Waals surface area contributed by atoms with Crippen LogP contribution in [0.2, 0.25) is 0 Å². The van der Waals surface area contributed by atoms with Crippen molar-refractivity contribution in [2.75, 3.05) is 28.6 Å². The molecule has 1 unspecified atom stereocenters. The average molecular weight is 471 g/mol. The molecule has 1 heterocycles. The maximum absolute atomic E-state index is 13.4. The Morgan fingerprint density at radius 2 is 1.60 bits per heavy atom. The quantitative estimate of drug-likeness (QED) is 0.389. The van der Waals surface area contributed by atoms with Gasteiger partial charge in [-0.25, -0.2) is 4.79 Å². The van der Waals surface area contributed by atoms with Gasteiger partial charge in [0.15, 0.2) is 0 Å². The lowest BCUT2D eigenvalue weighted by molar-refractivity contribution is 0.0940. The molecule has 1 saturated heterocycles. The molecule has 0 aromatic heterocycles. The average Bonchev–Trinajstić information content (AvgIpc) is 2.87. The first-order valence-corrected chi connectivity index (χ1v) is 12.3. The number of piperidine rings is 1. The highest BCUT2D eigenvalue weighted by molar-refractivity contribution is 6.04. The maximum atomic E-state index is 13.4. The zero-order valence-electron chi connectivity index (χ0n) is 20.7. The summed E-state index contributed by atoms with van der Waals surface area (Å²) in [5.74, 6) is -0.152. The van der Waals surface area contributed by atoms with E-state index in [-0.39, 0.29) is 18.0 Å². The second-order valence-corrected chi connectivity index (χ2v) is 9.21. The second-order valence-electron chi connectivity index (χ2n) is 9.21. The number of anilines is 3. The summed E-state index contributed by atoms with van der Waals surface area (Å²) in [6.45, 7) is 7.82. The molecule has 35 heavy (non-hydrogen) atoms. The Balaban J connectivity index is 1.56. The number of carbonyl (C=O) groups excluding carboxylic acids is 2. The summed E-state index contributed by atoms with van der Waals surface area (Å²) < 4.78 is 0. The molecule has 182 valence electrons. The normalized spacial score (nSPS) is 14.2. The van der Waals surface area contributed by atoms with Gasteiger partial charge < -0.3 is 20.9 Å². The third-order valence-electron chi connectivity index (χ3n) is 6.70. The van der Waals surface area contributed by atoms with Gasteiger partial charge in [-0.1, -0.05) is 42.5 Å². The molecule has 6 heteroatoms. The predicted octanol–water partition coefficient (Wildman–Crippen LogP) is 6.43. The molecule has 3 aromatic rings. The highest BCUT2D eigenvalue weighted by Gasteiger charge is 2.21. The van der Waals surface area contributed by atoms with E-state index in [1.807, 2.05) is 81.4 Å². The van der Waals surface area contributed by atoms with Gasteiger partial charge in [0.2, 0.25) is 0 Å². The van der Waals surface area contributed by atoms with E-state index in [0.29, 0.717) is 11.3 Å². The van der Waals surface area contributed by atoms with Crippen molar-refractivity contribution in [2.45, 2.75) is 46.1 Å². The minimum absolute atomic E-state index is 0.137. The topological polar surface area (TPSA) is 73.5 Å². The Bertz CT molecular complexity index is 1190. The van der Waals surface area contributed by atoms with Crippen LogP contribution in [0.3, 0.4) is 0 Å². The molecule has 6 nitrogen and oxygen atoms in total. The van der Waals surface area contributed by atoms with Crippen molar-refractivity contribution in [1.82, 2.24) is 5.32 Å². The van der Waals surface area contributed by atoms with Crippen molar-refractivity contribution < 1.29 is 9.59 Å². The van der Waals surface area contributed by atoms with Crippen LogP contribution in [0.4, 0.5) is 21.9 Å². The molecule has 1 atom stereocenters. The molecule has 1 fully saturated rings.